The van der Waals surface area contributed by atoms with Crippen molar-refractivity contribution in [2.75, 3.05) is 26.2 Å². The Kier molecular flexibility index (Phi) is 3.26. The number of β-amino-alcohol motifs (C(OH)–C–C–N with tert-alkyl or cyclic N) is 1. The first-order valence-corrected chi connectivity index (χ1v) is 5.90. The highest BCUT2D eigenvalue weighted by atomic mass is 16.3. The van der Waals surface area contributed by atoms with Gasteiger partial charge in [-0.05, 0) is 12.8 Å². The van der Waals surface area contributed by atoms with Crippen LogP contribution in [0.5, 0.6) is 0 Å². The van der Waals surface area contributed by atoms with Crippen molar-refractivity contribution in [1.29, 1.82) is 0 Å². The van der Waals surface area contributed by atoms with Gasteiger partial charge in [0.2, 0.25) is 5.91 Å². The van der Waals surface area contributed by atoms with Gasteiger partial charge in [-0.3, -0.25) is 9.69 Å². The van der Waals surface area contributed by atoms with Crippen molar-refractivity contribution in [2.45, 2.75) is 38.3 Å². The van der Waals surface area contributed by atoms with Crippen LogP contribution < -0.4 is 0 Å². The molecule has 0 saturated carbocycles. The largest absolute Gasteiger partial charge is 0.395 e. The van der Waals surface area contributed by atoms with Crippen LogP contribution in [-0.4, -0.2) is 59.1 Å². The summed E-state index contributed by atoms with van der Waals surface area (Å²) in [6.07, 6.45) is 2.89. The molecular weight excluding hydrogens is 192 g/mol. The first-order chi connectivity index (χ1) is 7.26. The number of fused-ring (bicyclic) bond motifs is 2. The van der Waals surface area contributed by atoms with Crippen LogP contribution >= 0.6 is 0 Å². The predicted octanol–water partition coefficient (Wildman–Crippen LogP) is 0.0639. The molecule has 2 unspecified atom stereocenters. The number of hydrogen-bond donors (Lipinski definition) is 1. The van der Waals surface area contributed by atoms with Gasteiger partial charge in [0.25, 0.3) is 0 Å². The Labute approximate surface area is 90.9 Å². The molecule has 2 fully saturated rings. The quantitative estimate of drug-likeness (QED) is 0.719. The van der Waals surface area contributed by atoms with Crippen LogP contribution in [0.4, 0.5) is 0 Å². The Bertz CT molecular complexity index is 231. The summed E-state index contributed by atoms with van der Waals surface area (Å²) in [5.41, 5.74) is 0. The van der Waals surface area contributed by atoms with Gasteiger partial charge < -0.3 is 10.0 Å². The van der Waals surface area contributed by atoms with Crippen molar-refractivity contribution in [1.82, 2.24) is 9.80 Å². The third-order valence-corrected chi connectivity index (χ3v) is 3.56. The van der Waals surface area contributed by atoms with Gasteiger partial charge in [-0.25, -0.2) is 0 Å². The zero-order valence-electron chi connectivity index (χ0n) is 9.35. The highest BCUT2D eigenvalue weighted by Gasteiger charge is 2.41. The maximum Gasteiger partial charge on any atom is 0.222 e. The number of carbonyl (C=O) groups is 1. The number of aliphatic hydroxyl groups excluding tert-OH is 1. The molecule has 2 atom stereocenters. The molecule has 0 aromatic rings. The summed E-state index contributed by atoms with van der Waals surface area (Å²) in [6, 6.07) is 0.811. The van der Waals surface area contributed by atoms with E-state index in [-0.39, 0.29) is 6.61 Å². The molecule has 2 aliphatic rings. The van der Waals surface area contributed by atoms with Gasteiger partial charge in [-0.2, -0.15) is 0 Å². The number of likely N-dealkylation sites (tertiary alicyclic amines) is 1. The standard InChI is InChI=1S/C11H20N2O2/c1-2-11(15)13-9-3-4-10(13)8-12(7-9)5-6-14/h9-10,14H,2-8H2,1H3. The lowest BCUT2D eigenvalue weighted by Crippen LogP contribution is -2.56. The first-order valence-electron chi connectivity index (χ1n) is 5.90. The highest BCUT2D eigenvalue weighted by Crippen LogP contribution is 2.30. The van der Waals surface area contributed by atoms with E-state index in [2.05, 4.69) is 9.80 Å². The Balaban J connectivity index is 2.00. The second-order valence-corrected chi connectivity index (χ2v) is 4.52. The minimum atomic E-state index is 0.223. The summed E-state index contributed by atoms with van der Waals surface area (Å²) in [6.45, 7) is 4.80. The minimum absolute atomic E-state index is 0.223. The molecule has 2 heterocycles. The molecule has 2 saturated heterocycles. The zero-order valence-corrected chi connectivity index (χ0v) is 9.35. The number of hydrogen-bond acceptors (Lipinski definition) is 3. The molecular formula is C11H20N2O2. The van der Waals surface area contributed by atoms with E-state index in [1.807, 2.05) is 6.92 Å². The zero-order chi connectivity index (χ0) is 10.8. The summed E-state index contributed by atoms with van der Waals surface area (Å²) < 4.78 is 0. The van der Waals surface area contributed by atoms with E-state index in [9.17, 15) is 4.79 Å². The van der Waals surface area contributed by atoms with Crippen LogP contribution in [0.2, 0.25) is 0 Å². The third-order valence-electron chi connectivity index (χ3n) is 3.56. The Morgan fingerprint density at radius 3 is 2.40 bits per heavy atom. The van der Waals surface area contributed by atoms with Crippen molar-refractivity contribution in [3.8, 4) is 0 Å². The van der Waals surface area contributed by atoms with E-state index in [1.54, 1.807) is 0 Å². The summed E-state index contributed by atoms with van der Waals surface area (Å²) >= 11 is 0. The van der Waals surface area contributed by atoms with Crippen LogP contribution in [-0.2, 0) is 4.79 Å². The molecule has 86 valence electrons. The van der Waals surface area contributed by atoms with E-state index in [4.69, 9.17) is 5.11 Å². The average Bonchev–Trinajstić information content (AvgIpc) is 2.50. The topological polar surface area (TPSA) is 43.8 Å². The maximum atomic E-state index is 11.8. The second-order valence-electron chi connectivity index (χ2n) is 4.52. The summed E-state index contributed by atoms with van der Waals surface area (Å²) in [4.78, 5) is 16.1. The molecule has 0 spiro atoms. The fourth-order valence-corrected chi connectivity index (χ4v) is 2.90. The molecule has 0 aromatic heterocycles. The highest BCUT2D eigenvalue weighted by molar-refractivity contribution is 5.77. The molecule has 0 aliphatic carbocycles. The SMILES string of the molecule is CCC(=O)N1C2CCC1CN(CCO)C2. The lowest BCUT2D eigenvalue weighted by atomic mass is 10.1. The van der Waals surface area contributed by atoms with Crippen molar-refractivity contribution in [2.24, 2.45) is 0 Å². The molecule has 1 amide bonds. The van der Waals surface area contributed by atoms with Gasteiger partial charge in [-0.15, -0.1) is 0 Å². The monoisotopic (exact) mass is 212 g/mol. The van der Waals surface area contributed by atoms with Gasteiger partial charge >= 0.3 is 0 Å². The first kappa shape index (κ1) is 10.9. The molecule has 15 heavy (non-hydrogen) atoms. The molecule has 0 radical (unpaired) electrons. The van der Waals surface area contributed by atoms with Crippen molar-refractivity contribution in [3.63, 3.8) is 0 Å². The fraction of sp³-hybridized carbons (Fsp3) is 0.909. The number of aliphatic hydroxyl groups is 1. The Hall–Kier alpha value is -0.610. The number of piperazine rings is 1. The lowest BCUT2D eigenvalue weighted by molar-refractivity contribution is -0.136. The molecule has 4 heteroatoms. The number of carbonyl (C=O) groups excluding carboxylic acids is 1. The molecule has 2 bridgehead atoms. The van der Waals surface area contributed by atoms with Gasteiger partial charge in [-0.1, -0.05) is 6.92 Å². The molecule has 0 aromatic carbocycles. The number of rotatable bonds is 3. The van der Waals surface area contributed by atoms with E-state index in [0.29, 0.717) is 24.4 Å². The van der Waals surface area contributed by atoms with Gasteiger partial charge in [0.1, 0.15) is 0 Å². The van der Waals surface area contributed by atoms with Crippen molar-refractivity contribution in [3.05, 3.63) is 0 Å². The number of nitrogens with zero attached hydrogens (tertiary/aromatic N) is 2. The average molecular weight is 212 g/mol. The summed E-state index contributed by atoms with van der Waals surface area (Å²) in [5.74, 6) is 0.297. The smallest absolute Gasteiger partial charge is 0.222 e. The third kappa shape index (κ3) is 2.01. The fourth-order valence-electron chi connectivity index (χ4n) is 2.90. The van der Waals surface area contributed by atoms with E-state index in [1.165, 1.54) is 0 Å². The van der Waals surface area contributed by atoms with Gasteiger partial charge in [0.05, 0.1) is 6.61 Å². The minimum Gasteiger partial charge on any atom is -0.395 e. The van der Waals surface area contributed by atoms with Crippen LogP contribution in [0.25, 0.3) is 0 Å². The maximum absolute atomic E-state index is 11.8. The summed E-state index contributed by atoms with van der Waals surface area (Å²) in [7, 11) is 0. The van der Waals surface area contributed by atoms with E-state index < -0.39 is 0 Å². The molecule has 2 aliphatic heterocycles. The van der Waals surface area contributed by atoms with Gasteiger partial charge in [0, 0.05) is 38.1 Å². The lowest BCUT2D eigenvalue weighted by Gasteiger charge is -2.40. The van der Waals surface area contributed by atoms with E-state index in [0.717, 1.165) is 32.5 Å². The summed E-state index contributed by atoms with van der Waals surface area (Å²) in [5, 5.41) is 8.91. The predicted molar refractivity (Wildman–Crippen MR) is 57.5 cm³/mol. The van der Waals surface area contributed by atoms with E-state index >= 15 is 0 Å². The van der Waals surface area contributed by atoms with Crippen LogP contribution in [0.15, 0.2) is 0 Å². The normalized spacial score (nSPS) is 30.9. The molecule has 1 N–H and O–H groups in total. The van der Waals surface area contributed by atoms with Crippen molar-refractivity contribution >= 4 is 5.91 Å². The molecule has 2 rings (SSSR count). The molecule has 4 nitrogen and oxygen atoms in total. The Morgan fingerprint density at radius 2 is 1.93 bits per heavy atom. The number of amides is 1. The van der Waals surface area contributed by atoms with Crippen LogP contribution in [0.1, 0.15) is 26.2 Å². The second kappa shape index (κ2) is 4.49. The van der Waals surface area contributed by atoms with Gasteiger partial charge in [0.15, 0.2) is 0 Å². The van der Waals surface area contributed by atoms with Crippen LogP contribution in [0.3, 0.4) is 0 Å². The van der Waals surface area contributed by atoms with Crippen molar-refractivity contribution < 1.29 is 9.90 Å². The van der Waals surface area contributed by atoms with Crippen LogP contribution in [0, 0.1) is 0 Å². The Morgan fingerprint density at radius 1 is 1.33 bits per heavy atom.